The van der Waals surface area contributed by atoms with Gasteiger partial charge in [-0.15, -0.1) is 0 Å². The van der Waals surface area contributed by atoms with E-state index in [0.29, 0.717) is 11.3 Å². The Kier molecular flexibility index (Phi) is 4.77. The fourth-order valence-corrected chi connectivity index (χ4v) is 2.00. The lowest BCUT2D eigenvalue weighted by molar-refractivity contribution is -0.130. The number of para-hydroxylation sites is 1. The van der Waals surface area contributed by atoms with Crippen LogP contribution < -0.4 is 4.74 Å². The van der Waals surface area contributed by atoms with Crippen molar-refractivity contribution in [2.45, 2.75) is 20.0 Å². The summed E-state index contributed by atoms with van der Waals surface area (Å²) >= 11 is 0. The van der Waals surface area contributed by atoms with E-state index in [1.165, 1.54) is 0 Å². The lowest BCUT2D eigenvalue weighted by atomic mass is 10.0. The molecule has 0 aliphatic heterocycles. The quantitative estimate of drug-likeness (QED) is 0.663. The standard InChI is InChI=1S/C18H18O3/c1-13(2)21-17-11-7-6-10-15(17)12-16(18(19)20)14-8-4-3-5-9-14/h3-13H,1-2H3,(H,19,20)/b16-12-. The summed E-state index contributed by atoms with van der Waals surface area (Å²) in [7, 11) is 0. The summed E-state index contributed by atoms with van der Waals surface area (Å²) in [5.74, 6) is -0.275. The topological polar surface area (TPSA) is 46.5 Å². The van der Waals surface area contributed by atoms with Crippen molar-refractivity contribution >= 4 is 17.6 Å². The maximum absolute atomic E-state index is 11.5. The van der Waals surface area contributed by atoms with Gasteiger partial charge in [0.05, 0.1) is 11.7 Å². The second-order valence-corrected chi connectivity index (χ2v) is 4.93. The van der Waals surface area contributed by atoms with Crippen LogP contribution in [-0.4, -0.2) is 17.2 Å². The van der Waals surface area contributed by atoms with Crippen molar-refractivity contribution in [2.75, 3.05) is 0 Å². The van der Waals surface area contributed by atoms with E-state index in [4.69, 9.17) is 4.74 Å². The molecule has 0 saturated carbocycles. The van der Waals surface area contributed by atoms with Crippen molar-refractivity contribution in [2.24, 2.45) is 0 Å². The summed E-state index contributed by atoms with van der Waals surface area (Å²) in [6.07, 6.45) is 1.68. The van der Waals surface area contributed by atoms with Crippen LogP contribution >= 0.6 is 0 Å². The lowest BCUT2D eigenvalue weighted by Gasteiger charge is -2.13. The number of carbonyl (C=O) groups is 1. The highest BCUT2D eigenvalue weighted by molar-refractivity contribution is 6.20. The largest absolute Gasteiger partial charge is 0.490 e. The molecule has 0 aromatic heterocycles. The Hall–Kier alpha value is -2.55. The fraction of sp³-hybridized carbons (Fsp3) is 0.167. The highest BCUT2D eigenvalue weighted by Gasteiger charge is 2.12. The Bertz CT molecular complexity index is 643. The molecule has 21 heavy (non-hydrogen) atoms. The van der Waals surface area contributed by atoms with E-state index in [0.717, 1.165) is 5.56 Å². The third kappa shape index (κ3) is 3.96. The first-order valence-corrected chi connectivity index (χ1v) is 6.84. The van der Waals surface area contributed by atoms with Gasteiger partial charge in [0.15, 0.2) is 0 Å². The molecule has 3 heteroatoms. The highest BCUT2D eigenvalue weighted by atomic mass is 16.5. The van der Waals surface area contributed by atoms with E-state index in [9.17, 15) is 9.90 Å². The van der Waals surface area contributed by atoms with Gasteiger partial charge in [0.25, 0.3) is 0 Å². The molecule has 3 nitrogen and oxygen atoms in total. The average molecular weight is 282 g/mol. The van der Waals surface area contributed by atoms with Crippen molar-refractivity contribution < 1.29 is 14.6 Å². The van der Waals surface area contributed by atoms with Crippen molar-refractivity contribution in [3.05, 3.63) is 65.7 Å². The maximum Gasteiger partial charge on any atom is 0.336 e. The zero-order chi connectivity index (χ0) is 15.2. The summed E-state index contributed by atoms with van der Waals surface area (Å²) in [6, 6.07) is 16.5. The Morgan fingerprint density at radius 3 is 2.29 bits per heavy atom. The summed E-state index contributed by atoms with van der Waals surface area (Å²) < 4.78 is 5.72. The van der Waals surface area contributed by atoms with Gasteiger partial charge >= 0.3 is 5.97 Å². The Morgan fingerprint density at radius 1 is 1.05 bits per heavy atom. The van der Waals surface area contributed by atoms with Crippen LogP contribution in [0.15, 0.2) is 54.6 Å². The van der Waals surface area contributed by atoms with Gasteiger partial charge < -0.3 is 9.84 Å². The number of aliphatic carboxylic acids is 1. The number of rotatable bonds is 5. The zero-order valence-corrected chi connectivity index (χ0v) is 12.1. The minimum Gasteiger partial charge on any atom is -0.490 e. The summed E-state index contributed by atoms with van der Waals surface area (Å²) in [5, 5.41) is 9.45. The number of hydrogen-bond donors (Lipinski definition) is 1. The average Bonchev–Trinajstić information content (AvgIpc) is 2.46. The SMILES string of the molecule is CC(C)Oc1ccccc1/C=C(\C(=O)O)c1ccccc1. The molecule has 0 aliphatic carbocycles. The minimum absolute atomic E-state index is 0.0320. The predicted molar refractivity (Wildman–Crippen MR) is 84.2 cm³/mol. The molecule has 2 aromatic carbocycles. The molecule has 0 fully saturated rings. The molecule has 108 valence electrons. The van der Waals surface area contributed by atoms with Gasteiger partial charge in [-0.2, -0.15) is 0 Å². The van der Waals surface area contributed by atoms with Crippen molar-refractivity contribution in [1.82, 2.24) is 0 Å². The third-order valence-electron chi connectivity index (χ3n) is 2.90. The Labute approximate surface area is 124 Å². The monoisotopic (exact) mass is 282 g/mol. The molecule has 1 N–H and O–H groups in total. The minimum atomic E-state index is -0.958. The van der Waals surface area contributed by atoms with Crippen molar-refractivity contribution in [3.63, 3.8) is 0 Å². The van der Waals surface area contributed by atoms with E-state index >= 15 is 0 Å². The van der Waals surface area contributed by atoms with Crippen molar-refractivity contribution in [1.29, 1.82) is 0 Å². The second kappa shape index (κ2) is 6.75. The first-order valence-electron chi connectivity index (χ1n) is 6.84. The number of ether oxygens (including phenoxy) is 1. The van der Waals surface area contributed by atoms with E-state index < -0.39 is 5.97 Å². The molecule has 0 aliphatic rings. The molecule has 0 bridgehead atoms. The van der Waals surface area contributed by atoms with Gasteiger partial charge in [-0.05, 0) is 31.6 Å². The Morgan fingerprint density at radius 2 is 1.67 bits per heavy atom. The van der Waals surface area contributed by atoms with Gasteiger partial charge in [0.1, 0.15) is 5.75 Å². The first kappa shape index (κ1) is 14.9. The fourth-order valence-electron chi connectivity index (χ4n) is 2.00. The van der Waals surface area contributed by atoms with Crippen molar-refractivity contribution in [3.8, 4) is 5.75 Å². The number of benzene rings is 2. The summed E-state index contributed by atoms with van der Waals surface area (Å²) in [4.78, 5) is 11.5. The van der Waals surface area contributed by atoms with Gasteiger partial charge in [0.2, 0.25) is 0 Å². The molecule has 0 radical (unpaired) electrons. The molecule has 0 saturated heterocycles. The van der Waals surface area contributed by atoms with Crippen LogP contribution in [0.2, 0.25) is 0 Å². The smallest absolute Gasteiger partial charge is 0.336 e. The summed E-state index contributed by atoms with van der Waals surface area (Å²) in [5.41, 5.74) is 1.67. The molecule has 0 spiro atoms. The molecular weight excluding hydrogens is 264 g/mol. The molecule has 0 unspecified atom stereocenters. The van der Waals surface area contributed by atoms with Crippen LogP contribution in [0.1, 0.15) is 25.0 Å². The normalized spacial score (nSPS) is 11.5. The maximum atomic E-state index is 11.5. The molecular formula is C18H18O3. The Balaban J connectivity index is 2.47. The van der Waals surface area contributed by atoms with Crippen LogP contribution in [0.5, 0.6) is 5.75 Å². The molecule has 0 atom stereocenters. The van der Waals surface area contributed by atoms with E-state index in [1.807, 2.05) is 56.3 Å². The lowest BCUT2D eigenvalue weighted by Crippen LogP contribution is -2.07. The van der Waals surface area contributed by atoms with Gasteiger partial charge in [-0.1, -0.05) is 48.5 Å². The van der Waals surface area contributed by atoms with E-state index in [1.54, 1.807) is 18.2 Å². The molecule has 0 amide bonds. The number of hydrogen-bond acceptors (Lipinski definition) is 2. The van der Waals surface area contributed by atoms with Crippen LogP contribution in [0, 0.1) is 0 Å². The van der Waals surface area contributed by atoms with Gasteiger partial charge in [-0.3, -0.25) is 0 Å². The zero-order valence-electron chi connectivity index (χ0n) is 12.1. The van der Waals surface area contributed by atoms with Crippen LogP contribution in [0.25, 0.3) is 11.6 Å². The van der Waals surface area contributed by atoms with E-state index in [2.05, 4.69) is 0 Å². The summed E-state index contributed by atoms with van der Waals surface area (Å²) in [6.45, 7) is 3.88. The number of carboxylic acids is 1. The van der Waals surface area contributed by atoms with Crippen LogP contribution in [0.3, 0.4) is 0 Å². The van der Waals surface area contributed by atoms with Gasteiger partial charge in [-0.25, -0.2) is 4.79 Å². The van der Waals surface area contributed by atoms with E-state index in [-0.39, 0.29) is 11.7 Å². The highest BCUT2D eigenvalue weighted by Crippen LogP contribution is 2.25. The van der Waals surface area contributed by atoms with Crippen LogP contribution in [0.4, 0.5) is 0 Å². The number of carboxylic acid groups (broad SMARTS) is 1. The third-order valence-corrected chi connectivity index (χ3v) is 2.90. The van der Waals surface area contributed by atoms with Crippen LogP contribution in [-0.2, 0) is 4.79 Å². The van der Waals surface area contributed by atoms with Gasteiger partial charge in [0, 0.05) is 5.56 Å². The second-order valence-electron chi connectivity index (χ2n) is 4.93. The molecule has 2 rings (SSSR count). The molecule has 2 aromatic rings. The predicted octanol–water partition coefficient (Wildman–Crippen LogP) is 4.10. The molecule has 0 heterocycles. The first-order chi connectivity index (χ1) is 10.1.